The van der Waals surface area contributed by atoms with Gasteiger partial charge in [0.1, 0.15) is 10.0 Å². The zero-order chi connectivity index (χ0) is 14.9. The highest BCUT2D eigenvalue weighted by Gasteiger charge is 2.11. The van der Waals surface area contributed by atoms with Gasteiger partial charge in [0.2, 0.25) is 0 Å². The summed E-state index contributed by atoms with van der Waals surface area (Å²) in [4.78, 5) is 4.40. The normalized spacial score (nSPS) is 11.0. The Labute approximate surface area is 132 Å². The van der Waals surface area contributed by atoms with Crippen molar-refractivity contribution < 1.29 is 0 Å². The molecule has 2 aromatic heterocycles. The molecule has 0 amide bonds. The second kappa shape index (κ2) is 5.31. The number of hydrogen-bond acceptors (Lipinski definition) is 4. The number of aryl methyl sites for hydroxylation is 1. The van der Waals surface area contributed by atoms with Gasteiger partial charge < -0.3 is 0 Å². The second-order valence-corrected chi connectivity index (χ2v) is 6.13. The van der Waals surface area contributed by atoms with Gasteiger partial charge in [-0.15, -0.1) is 10.2 Å². The zero-order valence-corrected chi connectivity index (χ0v) is 12.8. The zero-order valence-electron chi connectivity index (χ0n) is 12.0. The maximum atomic E-state index is 4.40. The van der Waals surface area contributed by atoms with Crippen molar-refractivity contribution in [1.82, 2.24) is 15.2 Å². The Balaban J connectivity index is 1.82. The molecule has 2 aromatic carbocycles. The summed E-state index contributed by atoms with van der Waals surface area (Å²) in [5, 5.41) is 11.7. The molecule has 0 aliphatic carbocycles. The van der Waals surface area contributed by atoms with Crippen LogP contribution in [0.15, 0.2) is 60.8 Å². The van der Waals surface area contributed by atoms with E-state index in [1.54, 1.807) is 11.3 Å². The summed E-state index contributed by atoms with van der Waals surface area (Å²) in [6, 6.07) is 18.5. The molecule has 0 saturated heterocycles. The molecule has 0 atom stereocenters. The Morgan fingerprint density at radius 1 is 0.818 bits per heavy atom. The molecule has 22 heavy (non-hydrogen) atoms. The van der Waals surface area contributed by atoms with E-state index in [1.807, 2.05) is 30.5 Å². The number of para-hydroxylation sites is 1. The lowest BCUT2D eigenvalue weighted by atomic mass is 10.1. The lowest BCUT2D eigenvalue weighted by molar-refractivity contribution is 1.10. The first-order valence-corrected chi connectivity index (χ1v) is 7.87. The van der Waals surface area contributed by atoms with Crippen LogP contribution in [0.4, 0.5) is 0 Å². The van der Waals surface area contributed by atoms with Gasteiger partial charge in [0.15, 0.2) is 0 Å². The minimum Gasteiger partial charge on any atom is -0.256 e. The van der Waals surface area contributed by atoms with Crippen LogP contribution in [0.2, 0.25) is 0 Å². The Morgan fingerprint density at radius 3 is 2.45 bits per heavy atom. The summed E-state index contributed by atoms with van der Waals surface area (Å²) >= 11 is 1.61. The van der Waals surface area contributed by atoms with Gasteiger partial charge in [-0.3, -0.25) is 4.98 Å². The first-order valence-electron chi connectivity index (χ1n) is 7.06. The quantitative estimate of drug-likeness (QED) is 0.537. The van der Waals surface area contributed by atoms with Gasteiger partial charge in [0, 0.05) is 22.7 Å². The molecule has 0 unspecified atom stereocenters. The third-order valence-electron chi connectivity index (χ3n) is 3.60. The Morgan fingerprint density at radius 2 is 1.59 bits per heavy atom. The largest absolute Gasteiger partial charge is 0.256 e. The number of nitrogens with zero attached hydrogens (tertiary/aromatic N) is 3. The lowest BCUT2D eigenvalue weighted by Gasteiger charge is -2.01. The maximum Gasteiger partial charge on any atom is 0.148 e. The van der Waals surface area contributed by atoms with E-state index in [1.165, 1.54) is 5.56 Å². The van der Waals surface area contributed by atoms with Crippen LogP contribution in [-0.4, -0.2) is 15.2 Å². The predicted molar refractivity (Wildman–Crippen MR) is 90.8 cm³/mol. The number of benzene rings is 2. The van der Waals surface area contributed by atoms with E-state index in [-0.39, 0.29) is 0 Å². The van der Waals surface area contributed by atoms with Gasteiger partial charge >= 0.3 is 0 Å². The van der Waals surface area contributed by atoms with E-state index in [0.717, 1.165) is 32.0 Å². The van der Waals surface area contributed by atoms with Crippen LogP contribution in [0.1, 0.15) is 5.56 Å². The highest BCUT2D eigenvalue weighted by atomic mass is 32.1. The molecule has 0 saturated carbocycles. The highest BCUT2D eigenvalue weighted by Crippen LogP contribution is 2.33. The summed E-state index contributed by atoms with van der Waals surface area (Å²) in [6.07, 6.45) is 1.82. The Bertz CT molecular complexity index is 937. The summed E-state index contributed by atoms with van der Waals surface area (Å²) in [7, 11) is 0. The topological polar surface area (TPSA) is 38.7 Å². The Kier molecular flexibility index (Phi) is 3.16. The standard InChI is InChI=1S/C18H13N3S/c1-12-6-8-13(9-7-12)17-20-21-18(22-17)15-10-11-19-16-5-3-2-4-14(15)16/h2-11H,1H3. The van der Waals surface area contributed by atoms with Crippen LogP contribution >= 0.6 is 11.3 Å². The maximum absolute atomic E-state index is 4.40. The molecular weight excluding hydrogens is 290 g/mol. The molecule has 0 aliphatic rings. The summed E-state index contributed by atoms with van der Waals surface area (Å²) in [5.74, 6) is 0. The molecule has 106 valence electrons. The fourth-order valence-corrected chi connectivity index (χ4v) is 3.32. The van der Waals surface area contributed by atoms with Crippen molar-refractivity contribution in [1.29, 1.82) is 0 Å². The van der Waals surface area contributed by atoms with E-state index in [4.69, 9.17) is 0 Å². The first kappa shape index (κ1) is 13.1. The van der Waals surface area contributed by atoms with Crippen molar-refractivity contribution in [3.8, 4) is 21.1 Å². The summed E-state index contributed by atoms with van der Waals surface area (Å²) in [6.45, 7) is 2.08. The molecule has 2 heterocycles. The van der Waals surface area contributed by atoms with Crippen molar-refractivity contribution in [3.63, 3.8) is 0 Å². The molecule has 0 radical (unpaired) electrons. The summed E-state index contributed by atoms with van der Waals surface area (Å²) in [5.41, 5.74) is 4.41. The SMILES string of the molecule is Cc1ccc(-c2nnc(-c3ccnc4ccccc34)s2)cc1. The van der Waals surface area contributed by atoms with Crippen LogP contribution in [0.25, 0.3) is 32.0 Å². The molecule has 0 fully saturated rings. The van der Waals surface area contributed by atoms with E-state index < -0.39 is 0 Å². The minimum atomic E-state index is 0.925. The first-order chi connectivity index (χ1) is 10.8. The van der Waals surface area contributed by atoms with Gasteiger partial charge in [-0.25, -0.2) is 0 Å². The number of hydrogen-bond donors (Lipinski definition) is 0. The third-order valence-corrected chi connectivity index (χ3v) is 4.61. The Hall–Kier alpha value is -2.59. The molecule has 4 aromatic rings. The number of aromatic nitrogens is 3. The van der Waals surface area contributed by atoms with E-state index in [2.05, 4.69) is 52.4 Å². The van der Waals surface area contributed by atoms with Crippen LogP contribution in [0, 0.1) is 6.92 Å². The fourth-order valence-electron chi connectivity index (χ4n) is 2.43. The van der Waals surface area contributed by atoms with E-state index in [9.17, 15) is 0 Å². The van der Waals surface area contributed by atoms with Crippen molar-refractivity contribution in [3.05, 3.63) is 66.4 Å². The van der Waals surface area contributed by atoms with Crippen molar-refractivity contribution in [2.45, 2.75) is 6.92 Å². The van der Waals surface area contributed by atoms with Gasteiger partial charge in [-0.05, 0) is 19.1 Å². The van der Waals surface area contributed by atoms with Crippen molar-refractivity contribution in [2.75, 3.05) is 0 Å². The smallest absolute Gasteiger partial charge is 0.148 e. The van der Waals surface area contributed by atoms with Crippen LogP contribution in [0.3, 0.4) is 0 Å². The van der Waals surface area contributed by atoms with Gasteiger partial charge in [0.05, 0.1) is 5.52 Å². The van der Waals surface area contributed by atoms with Crippen molar-refractivity contribution >= 4 is 22.2 Å². The van der Waals surface area contributed by atoms with Gasteiger partial charge in [-0.1, -0.05) is 59.4 Å². The molecule has 0 N–H and O–H groups in total. The minimum absolute atomic E-state index is 0.925. The average molecular weight is 303 g/mol. The second-order valence-electron chi connectivity index (χ2n) is 5.15. The van der Waals surface area contributed by atoms with Crippen LogP contribution in [0.5, 0.6) is 0 Å². The predicted octanol–water partition coefficient (Wildman–Crippen LogP) is 4.73. The monoisotopic (exact) mass is 303 g/mol. The number of rotatable bonds is 2. The number of pyridine rings is 1. The van der Waals surface area contributed by atoms with Crippen LogP contribution in [-0.2, 0) is 0 Å². The molecule has 4 rings (SSSR count). The highest BCUT2D eigenvalue weighted by molar-refractivity contribution is 7.18. The van der Waals surface area contributed by atoms with Crippen LogP contribution < -0.4 is 0 Å². The lowest BCUT2D eigenvalue weighted by Crippen LogP contribution is -1.83. The van der Waals surface area contributed by atoms with Gasteiger partial charge in [0.25, 0.3) is 0 Å². The van der Waals surface area contributed by atoms with E-state index >= 15 is 0 Å². The van der Waals surface area contributed by atoms with Crippen molar-refractivity contribution in [2.24, 2.45) is 0 Å². The molecular formula is C18H13N3S. The van der Waals surface area contributed by atoms with E-state index in [0.29, 0.717) is 0 Å². The fraction of sp³-hybridized carbons (Fsp3) is 0.0556. The number of fused-ring (bicyclic) bond motifs is 1. The molecule has 4 heteroatoms. The average Bonchev–Trinajstić information content (AvgIpc) is 3.05. The van der Waals surface area contributed by atoms with Gasteiger partial charge in [-0.2, -0.15) is 0 Å². The summed E-state index contributed by atoms with van der Waals surface area (Å²) < 4.78 is 0. The molecule has 3 nitrogen and oxygen atoms in total. The molecule has 0 spiro atoms. The molecule has 0 bridgehead atoms. The molecule has 0 aliphatic heterocycles. The third kappa shape index (κ3) is 2.27.